The molecule has 1 aliphatic heterocycles. The van der Waals surface area contributed by atoms with Crippen LogP contribution in [0, 0.1) is 5.92 Å². The average molecular weight is 251 g/mol. The van der Waals surface area contributed by atoms with Gasteiger partial charge in [0.1, 0.15) is 0 Å². The third-order valence-electron chi connectivity index (χ3n) is 3.36. The largest absolute Gasteiger partial charge is 0.375 e. The molecule has 0 bridgehead atoms. The van der Waals surface area contributed by atoms with Crippen molar-refractivity contribution < 1.29 is 0 Å². The molecule has 0 aromatic carbocycles. The highest BCUT2D eigenvalue weighted by molar-refractivity contribution is 5.03. The maximum Gasteiger partial charge on any atom is 0.0201 e. The summed E-state index contributed by atoms with van der Waals surface area (Å²) < 4.78 is 0. The molecule has 0 N–H and O–H groups in total. The molecule has 1 heteroatoms. The number of likely N-dealkylation sites (tertiary alicyclic amines) is 1. The van der Waals surface area contributed by atoms with E-state index in [1.54, 1.807) is 5.70 Å². The van der Waals surface area contributed by atoms with Crippen molar-refractivity contribution in [1.82, 2.24) is 4.90 Å². The molecule has 106 valence electrons. The fourth-order valence-electron chi connectivity index (χ4n) is 2.42. The fraction of sp³-hybridized carbons (Fsp3) is 0.765. The highest BCUT2D eigenvalue weighted by atomic mass is 15.2. The first-order valence-corrected chi connectivity index (χ1v) is 7.82. The molecule has 1 heterocycles. The fourth-order valence-corrected chi connectivity index (χ4v) is 2.42. The van der Waals surface area contributed by atoms with Gasteiger partial charge in [-0.2, -0.15) is 0 Å². The molecule has 1 nitrogen and oxygen atoms in total. The van der Waals surface area contributed by atoms with E-state index in [1.807, 2.05) is 19.9 Å². The molecule has 0 aliphatic carbocycles. The smallest absolute Gasteiger partial charge is 0.0201 e. The van der Waals surface area contributed by atoms with Crippen molar-refractivity contribution in [2.45, 2.75) is 66.2 Å². The Morgan fingerprint density at radius 1 is 1.33 bits per heavy atom. The molecule has 0 saturated carbocycles. The highest BCUT2D eigenvalue weighted by Crippen LogP contribution is 2.23. The molecule has 0 aromatic heterocycles. The lowest BCUT2D eigenvalue weighted by Crippen LogP contribution is -2.19. The lowest BCUT2D eigenvalue weighted by Gasteiger charge is -2.22. The molecular formula is C17H33N. The van der Waals surface area contributed by atoms with Gasteiger partial charge in [-0.1, -0.05) is 39.8 Å². The molecule has 1 aliphatic rings. The second-order valence-corrected chi connectivity index (χ2v) is 4.98. The Hall–Kier alpha value is -0.720. The highest BCUT2D eigenvalue weighted by Gasteiger charge is 2.19. The van der Waals surface area contributed by atoms with Gasteiger partial charge in [0.05, 0.1) is 0 Å². The van der Waals surface area contributed by atoms with Crippen LogP contribution in [0.5, 0.6) is 0 Å². The van der Waals surface area contributed by atoms with Crippen LogP contribution in [0.2, 0.25) is 0 Å². The normalized spacial score (nSPS) is 19.4. The van der Waals surface area contributed by atoms with E-state index in [0.717, 1.165) is 12.3 Å². The van der Waals surface area contributed by atoms with Gasteiger partial charge in [0.15, 0.2) is 0 Å². The Kier molecular flexibility index (Phi) is 10.9. The standard InChI is InChI=1S/C15H27N.C2H6/c1-4-6-7-8-10-15(9-5-2)16-12-11-14(3)13-16;1-2/h4,9,14H,1,5-8,10-13H2,2-3H3;1-2H3/b15-9-;/t14-;/m0./s1. The van der Waals surface area contributed by atoms with Gasteiger partial charge in [-0.3, -0.25) is 0 Å². The van der Waals surface area contributed by atoms with Gasteiger partial charge in [-0.05, 0) is 44.4 Å². The average Bonchev–Trinajstić information content (AvgIpc) is 2.82. The first-order chi connectivity index (χ1) is 8.77. The minimum atomic E-state index is 0.883. The molecule has 1 atom stereocenters. The van der Waals surface area contributed by atoms with Crippen LogP contribution in [0.25, 0.3) is 0 Å². The summed E-state index contributed by atoms with van der Waals surface area (Å²) >= 11 is 0. The van der Waals surface area contributed by atoms with Crippen LogP contribution in [-0.4, -0.2) is 18.0 Å². The molecule has 1 rings (SSSR count). The Morgan fingerprint density at radius 2 is 2.06 bits per heavy atom. The van der Waals surface area contributed by atoms with Crippen LogP contribution >= 0.6 is 0 Å². The Bertz CT molecular complexity index is 230. The van der Waals surface area contributed by atoms with Gasteiger partial charge in [-0.25, -0.2) is 0 Å². The van der Waals surface area contributed by atoms with Crippen molar-refractivity contribution in [2.75, 3.05) is 13.1 Å². The topological polar surface area (TPSA) is 3.24 Å². The van der Waals surface area contributed by atoms with Crippen LogP contribution in [0.3, 0.4) is 0 Å². The van der Waals surface area contributed by atoms with Crippen molar-refractivity contribution in [1.29, 1.82) is 0 Å². The number of hydrogen-bond acceptors (Lipinski definition) is 1. The van der Waals surface area contributed by atoms with Crippen molar-refractivity contribution in [3.63, 3.8) is 0 Å². The van der Waals surface area contributed by atoms with Gasteiger partial charge >= 0.3 is 0 Å². The minimum Gasteiger partial charge on any atom is -0.375 e. The molecule has 0 radical (unpaired) electrons. The van der Waals surface area contributed by atoms with E-state index in [4.69, 9.17) is 0 Å². The maximum atomic E-state index is 3.78. The number of unbranched alkanes of at least 4 members (excludes halogenated alkanes) is 2. The van der Waals surface area contributed by atoms with Crippen LogP contribution in [-0.2, 0) is 0 Å². The lowest BCUT2D eigenvalue weighted by atomic mass is 10.1. The van der Waals surface area contributed by atoms with Gasteiger partial charge in [0.25, 0.3) is 0 Å². The summed E-state index contributed by atoms with van der Waals surface area (Å²) in [6.45, 7) is 14.9. The zero-order valence-electron chi connectivity index (χ0n) is 13.0. The van der Waals surface area contributed by atoms with E-state index < -0.39 is 0 Å². The van der Waals surface area contributed by atoms with E-state index in [2.05, 4.69) is 31.4 Å². The Labute approximate surface area is 115 Å². The van der Waals surface area contributed by atoms with Gasteiger partial charge in [-0.15, -0.1) is 6.58 Å². The molecule has 0 amide bonds. The SMILES string of the molecule is C=CCCCC/C(=C/CC)N1CC[C@H](C)C1.CC. The van der Waals surface area contributed by atoms with E-state index in [0.29, 0.717) is 0 Å². The van der Waals surface area contributed by atoms with Crippen LogP contribution < -0.4 is 0 Å². The molecule has 1 saturated heterocycles. The predicted octanol–water partition coefficient (Wildman–Crippen LogP) is 5.39. The van der Waals surface area contributed by atoms with Crippen LogP contribution in [0.4, 0.5) is 0 Å². The van der Waals surface area contributed by atoms with Gasteiger partial charge < -0.3 is 4.90 Å². The number of rotatable bonds is 7. The summed E-state index contributed by atoms with van der Waals surface area (Å²) in [6, 6.07) is 0. The summed E-state index contributed by atoms with van der Waals surface area (Å²) in [5.41, 5.74) is 1.59. The first kappa shape index (κ1) is 17.3. The lowest BCUT2D eigenvalue weighted by molar-refractivity contribution is 0.388. The Balaban J connectivity index is 0.00000137. The monoisotopic (exact) mass is 251 g/mol. The minimum absolute atomic E-state index is 0.883. The zero-order valence-corrected chi connectivity index (χ0v) is 13.0. The molecular weight excluding hydrogens is 218 g/mol. The summed E-state index contributed by atoms with van der Waals surface area (Å²) in [5.74, 6) is 0.883. The third-order valence-corrected chi connectivity index (χ3v) is 3.36. The maximum absolute atomic E-state index is 3.78. The second kappa shape index (κ2) is 11.4. The third kappa shape index (κ3) is 6.88. The van der Waals surface area contributed by atoms with Crippen LogP contribution in [0.1, 0.15) is 66.2 Å². The predicted molar refractivity (Wildman–Crippen MR) is 83.7 cm³/mol. The van der Waals surface area contributed by atoms with E-state index in [1.165, 1.54) is 45.2 Å². The summed E-state index contributed by atoms with van der Waals surface area (Å²) in [4.78, 5) is 2.60. The summed E-state index contributed by atoms with van der Waals surface area (Å²) in [7, 11) is 0. The number of nitrogens with zero attached hydrogens (tertiary/aromatic N) is 1. The van der Waals surface area contributed by atoms with Crippen molar-refractivity contribution >= 4 is 0 Å². The quantitative estimate of drug-likeness (QED) is 0.433. The molecule has 0 unspecified atom stereocenters. The van der Waals surface area contributed by atoms with Crippen molar-refractivity contribution in [2.24, 2.45) is 5.92 Å². The molecule has 0 spiro atoms. The van der Waals surface area contributed by atoms with Crippen molar-refractivity contribution in [3.05, 3.63) is 24.4 Å². The second-order valence-electron chi connectivity index (χ2n) is 4.98. The molecule has 1 fully saturated rings. The number of allylic oxidation sites excluding steroid dienone is 3. The molecule has 0 aromatic rings. The summed E-state index contributed by atoms with van der Waals surface area (Å²) in [6.07, 6.45) is 12.0. The van der Waals surface area contributed by atoms with E-state index >= 15 is 0 Å². The van der Waals surface area contributed by atoms with Crippen LogP contribution in [0.15, 0.2) is 24.4 Å². The zero-order chi connectivity index (χ0) is 13.8. The Morgan fingerprint density at radius 3 is 2.56 bits per heavy atom. The first-order valence-electron chi connectivity index (χ1n) is 7.82. The van der Waals surface area contributed by atoms with E-state index in [-0.39, 0.29) is 0 Å². The summed E-state index contributed by atoms with van der Waals surface area (Å²) in [5, 5.41) is 0. The van der Waals surface area contributed by atoms with Gasteiger partial charge in [0.2, 0.25) is 0 Å². The van der Waals surface area contributed by atoms with Crippen molar-refractivity contribution in [3.8, 4) is 0 Å². The molecule has 18 heavy (non-hydrogen) atoms. The van der Waals surface area contributed by atoms with E-state index in [9.17, 15) is 0 Å². The van der Waals surface area contributed by atoms with Gasteiger partial charge in [0, 0.05) is 18.8 Å². The number of hydrogen-bond donors (Lipinski definition) is 0.